The van der Waals surface area contributed by atoms with Gasteiger partial charge in [0.25, 0.3) is 0 Å². The molecule has 0 aromatic heterocycles. The molecule has 3 atom stereocenters. The topological polar surface area (TPSA) is 27.7 Å². The molecule has 2 aliphatic rings. The highest BCUT2D eigenvalue weighted by molar-refractivity contribution is 4.88. The van der Waals surface area contributed by atoms with Crippen LogP contribution in [0.15, 0.2) is 0 Å². The van der Waals surface area contributed by atoms with Crippen LogP contribution in [-0.4, -0.2) is 75.4 Å². The van der Waals surface area contributed by atoms with E-state index in [0.717, 1.165) is 25.8 Å². The molecule has 1 N–H and O–H groups in total. The molecule has 0 amide bonds. The van der Waals surface area contributed by atoms with Crippen LogP contribution in [0, 0.1) is 5.92 Å². The van der Waals surface area contributed by atoms with Crippen LogP contribution in [0.25, 0.3) is 0 Å². The van der Waals surface area contributed by atoms with Crippen molar-refractivity contribution in [3.8, 4) is 0 Å². The van der Waals surface area contributed by atoms with E-state index in [2.05, 4.69) is 36.1 Å². The monoisotopic (exact) mass is 269 g/mol. The lowest BCUT2D eigenvalue weighted by atomic mass is 9.98. The molecule has 19 heavy (non-hydrogen) atoms. The van der Waals surface area contributed by atoms with Gasteiger partial charge in [0.15, 0.2) is 0 Å². The van der Waals surface area contributed by atoms with Crippen LogP contribution < -0.4 is 5.32 Å². The van der Waals surface area contributed by atoms with Gasteiger partial charge < -0.3 is 15.0 Å². The molecule has 2 heterocycles. The molecule has 0 aromatic rings. The van der Waals surface area contributed by atoms with Crippen molar-refractivity contribution in [3.05, 3.63) is 0 Å². The van der Waals surface area contributed by atoms with Crippen molar-refractivity contribution in [2.24, 2.45) is 5.92 Å². The highest BCUT2D eigenvalue weighted by Crippen LogP contribution is 2.22. The predicted molar refractivity (Wildman–Crippen MR) is 79.5 cm³/mol. The first kappa shape index (κ1) is 15.2. The van der Waals surface area contributed by atoms with Gasteiger partial charge in [0.05, 0.1) is 6.61 Å². The van der Waals surface area contributed by atoms with E-state index in [-0.39, 0.29) is 0 Å². The highest BCUT2D eigenvalue weighted by atomic mass is 16.5. The zero-order valence-electron chi connectivity index (χ0n) is 12.9. The third-order valence-corrected chi connectivity index (χ3v) is 4.51. The van der Waals surface area contributed by atoms with Crippen LogP contribution >= 0.6 is 0 Å². The Kier molecular flexibility index (Phi) is 6.07. The predicted octanol–water partition coefficient (Wildman–Crippen LogP) is 1.03. The minimum atomic E-state index is 0.607. The van der Waals surface area contributed by atoms with E-state index in [4.69, 9.17) is 4.74 Å². The first-order valence-corrected chi connectivity index (χ1v) is 7.90. The second-order valence-electron chi connectivity index (χ2n) is 6.34. The molecule has 0 bridgehead atoms. The molecule has 112 valence electrons. The average Bonchev–Trinajstić information content (AvgIpc) is 3.00. The summed E-state index contributed by atoms with van der Waals surface area (Å²) in [6.07, 6.45) is 3.95. The maximum atomic E-state index is 5.57. The van der Waals surface area contributed by atoms with Crippen molar-refractivity contribution in [2.75, 3.05) is 53.5 Å². The molecule has 2 saturated heterocycles. The normalized spacial score (nSPS) is 30.3. The number of likely N-dealkylation sites (N-methyl/N-ethyl adjacent to an activating group) is 2. The van der Waals surface area contributed by atoms with Crippen molar-refractivity contribution < 1.29 is 4.74 Å². The zero-order valence-corrected chi connectivity index (χ0v) is 12.9. The Morgan fingerprint density at radius 1 is 1.37 bits per heavy atom. The Balaban J connectivity index is 1.87. The lowest BCUT2D eigenvalue weighted by Crippen LogP contribution is -2.49. The number of nitrogens with one attached hydrogen (secondary N) is 1. The van der Waals surface area contributed by atoms with E-state index in [9.17, 15) is 0 Å². The third-order valence-electron chi connectivity index (χ3n) is 4.51. The SMILES string of the molecule is CCNC(CN1CCCC1CN(C)C)C1CCOC1. The van der Waals surface area contributed by atoms with Gasteiger partial charge in [-0.05, 0) is 46.4 Å². The number of likely N-dealkylation sites (tertiary alicyclic amines) is 1. The standard InChI is InChI=1S/C15H31N3O/c1-4-16-15(13-7-9-19-12-13)11-18-8-5-6-14(18)10-17(2)3/h13-16H,4-12H2,1-3H3. The Morgan fingerprint density at radius 3 is 2.84 bits per heavy atom. The van der Waals surface area contributed by atoms with E-state index >= 15 is 0 Å². The summed E-state index contributed by atoms with van der Waals surface area (Å²) in [5.41, 5.74) is 0. The van der Waals surface area contributed by atoms with Gasteiger partial charge in [0.2, 0.25) is 0 Å². The number of hydrogen-bond donors (Lipinski definition) is 1. The summed E-state index contributed by atoms with van der Waals surface area (Å²) in [5, 5.41) is 3.69. The number of rotatable bonds is 7. The van der Waals surface area contributed by atoms with Crippen molar-refractivity contribution in [1.29, 1.82) is 0 Å². The van der Waals surface area contributed by atoms with E-state index in [0.29, 0.717) is 12.0 Å². The van der Waals surface area contributed by atoms with Gasteiger partial charge in [0, 0.05) is 37.7 Å². The maximum Gasteiger partial charge on any atom is 0.0510 e. The van der Waals surface area contributed by atoms with E-state index in [1.165, 1.54) is 38.9 Å². The van der Waals surface area contributed by atoms with Crippen LogP contribution in [0.4, 0.5) is 0 Å². The fourth-order valence-electron chi connectivity index (χ4n) is 3.53. The van der Waals surface area contributed by atoms with Gasteiger partial charge in [-0.3, -0.25) is 4.90 Å². The summed E-state index contributed by atoms with van der Waals surface area (Å²) in [6.45, 7) is 8.84. The van der Waals surface area contributed by atoms with E-state index < -0.39 is 0 Å². The Labute approximate surface area is 118 Å². The largest absolute Gasteiger partial charge is 0.381 e. The maximum absolute atomic E-state index is 5.57. The van der Waals surface area contributed by atoms with Crippen molar-refractivity contribution >= 4 is 0 Å². The highest BCUT2D eigenvalue weighted by Gasteiger charge is 2.31. The number of nitrogens with zero attached hydrogens (tertiary/aromatic N) is 2. The van der Waals surface area contributed by atoms with Gasteiger partial charge in [-0.2, -0.15) is 0 Å². The van der Waals surface area contributed by atoms with Crippen molar-refractivity contribution in [2.45, 2.75) is 38.3 Å². The summed E-state index contributed by atoms with van der Waals surface area (Å²) < 4.78 is 5.57. The molecule has 4 nitrogen and oxygen atoms in total. The molecular weight excluding hydrogens is 238 g/mol. The smallest absolute Gasteiger partial charge is 0.0510 e. The quantitative estimate of drug-likeness (QED) is 0.747. The summed E-state index contributed by atoms with van der Waals surface area (Å²) in [6, 6.07) is 1.36. The van der Waals surface area contributed by atoms with Crippen LogP contribution in [0.1, 0.15) is 26.2 Å². The summed E-state index contributed by atoms with van der Waals surface area (Å²) in [4.78, 5) is 5.02. The van der Waals surface area contributed by atoms with Crippen LogP contribution in [0.3, 0.4) is 0 Å². The summed E-state index contributed by atoms with van der Waals surface area (Å²) in [5.74, 6) is 0.709. The van der Waals surface area contributed by atoms with Gasteiger partial charge in [0.1, 0.15) is 0 Å². The van der Waals surface area contributed by atoms with Crippen LogP contribution in [0.5, 0.6) is 0 Å². The van der Waals surface area contributed by atoms with Crippen LogP contribution in [0.2, 0.25) is 0 Å². The molecule has 0 aliphatic carbocycles. The number of hydrogen-bond acceptors (Lipinski definition) is 4. The second kappa shape index (κ2) is 7.58. The van der Waals surface area contributed by atoms with Gasteiger partial charge >= 0.3 is 0 Å². The number of ether oxygens (including phenoxy) is 1. The fraction of sp³-hybridized carbons (Fsp3) is 1.00. The Morgan fingerprint density at radius 2 is 2.21 bits per heavy atom. The molecule has 0 radical (unpaired) electrons. The molecule has 0 aromatic carbocycles. The Bertz CT molecular complexity index is 254. The average molecular weight is 269 g/mol. The van der Waals surface area contributed by atoms with Crippen molar-refractivity contribution in [1.82, 2.24) is 15.1 Å². The molecule has 2 aliphatic heterocycles. The zero-order chi connectivity index (χ0) is 13.7. The van der Waals surface area contributed by atoms with Gasteiger partial charge in [-0.25, -0.2) is 0 Å². The molecule has 2 fully saturated rings. The third kappa shape index (κ3) is 4.42. The second-order valence-corrected chi connectivity index (χ2v) is 6.34. The lowest BCUT2D eigenvalue weighted by molar-refractivity contribution is 0.148. The molecule has 4 heteroatoms. The van der Waals surface area contributed by atoms with Crippen LogP contribution in [-0.2, 0) is 4.74 Å². The molecule has 3 unspecified atom stereocenters. The fourth-order valence-corrected chi connectivity index (χ4v) is 3.53. The minimum Gasteiger partial charge on any atom is -0.381 e. The van der Waals surface area contributed by atoms with Gasteiger partial charge in [-0.15, -0.1) is 0 Å². The molecule has 0 spiro atoms. The molecule has 2 rings (SSSR count). The van der Waals surface area contributed by atoms with E-state index in [1.807, 2.05) is 0 Å². The first-order chi connectivity index (χ1) is 9.20. The lowest BCUT2D eigenvalue weighted by Gasteiger charge is -2.33. The Hall–Kier alpha value is -0.160. The molecule has 0 saturated carbocycles. The van der Waals surface area contributed by atoms with Gasteiger partial charge in [-0.1, -0.05) is 6.92 Å². The van der Waals surface area contributed by atoms with Crippen molar-refractivity contribution in [3.63, 3.8) is 0 Å². The summed E-state index contributed by atoms with van der Waals surface area (Å²) in [7, 11) is 4.37. The first-order valence-electron chi connectivity index (χ1n) is 7.90. The summed E-state index contributed by atoms with van der Waals surface area (Å²) >= 11 is 0. The van der Waals surface area contributed by atoms with E-state index in [1.54, 1.807) is 0 Å². The molecular formula is C15H31N3O. The minimum absolute atomic E-state index is 0.607.